The maximum absolute atomic E-state index is 13.8. The van der Waals surface area contributed by atoms with Crippen LogP contribution in [-0.4, -0.2) is 65.9 Å². The van der Waals surface area contributed by atoms with Crippen LogP contribution in [0, 0.1) is 0 Å². The maximum atomic E-state index is 13.8. The number of methoxy groups -OCH3 is 1. The molecule has 198 valence electrons. The summed E-state index contributed by atoms with van der Waals surface area (Å²) in [6, 6.07) is -3.98. The lowest BCUT2D eigenvalue weighted by Gasteiger charge is -2.35. The zero-order valence-corrected chi connectivity index (χ0v) is 20.5. The lowest BCUT2D eigenvalue weighted by molar-refractivity contribution is -0.151. The number of esters is 1. The number of nitrogens with one attached hydrogen (secondary N) is 2. The average molecular weight is 518 g/mol. The molecule has 37 heavy (non-hydrogen) atoms. The van der Waals surface area contributed by atoms with E-state index in [1.807, 2.05) is 0 Å². The number of rotatable bonds is 8. The number of carbonyl (C=O) groups excluding carboxylic acids is 3. The largest absolute Gasteiger partial charge is 0.467 e. The Morgan fingerprint density at radius 2 is 1.14 bits per heavy atom. The highest BCUT2D eigenvalue weighted by atomic mass is 16.6. The first-order valence-corrected chi connectivity index (χ1v) is 11.0. The molecule has 2 saturated carbocycles. The minimum Gasteiger partial charge on any atom is -0.467 e. The second-order valence-corrected chi connectivity index (χ2v) is 9.64. The van der Waals surface area contributed by atoms with Crippen LogP contribution in [0.15, 0.2) is 20.5 Å². The highest BCUT2D eigenvalue weighted by Gasteiger charge is 2.57. The molecule has 0 aromatic rings. The predicted octanol–water partition coefficient (Wildman–Crippen LogP) is 3.58. The summed E-state index contributed by atoms with van der Waals surface area (Å²) in [4.78, 5) is 50.3. The van der Waals surface area contributed by atoms with Gasteiger partial charge in [-0.15, -0.1) is 0 Å². The smallest absolute Gasteiger partial charge is 0.408 e. The highest BCUT2D eigenvalue weighted by molar-refractivity contribution is 5.95. The molecule has 0 spiro atoms. The quantitative estimate of drug-likeness (QED) is 0.210. The summed E-state index contributed by atoms with van der Waals surface area (Å²) in [7, 11) is 1.08. The predicted molar refractivity (Wildman–Crippen MR) is 125 cm³/mol. The molecule has 0 heterocycles. The van der Waals surface area contributed by atoms with Gasteiger partial charge in [0.1, 0.15) is 16.7 Å². The Balaban J connectivity index is 2.54. The molecule has 19 nitrogen and oxygen atoms in total. The molecule has 2 amide bonds. The van der Waals surface area contributed by atoms with E-state index in [0.29, 0.717) is 0 Å². The van der Waals surface area contributed by atoms with Gasteiger partial charge in [0, 0.05) is 43.8 Å². The van der Waals surface area contributed by atoms with Crippen molar-refractivity contribution in [1.82, 2.24) is 10.6 Å². The fraction of sp³-hybridized carbons (Fsp3) is 0.833. The summed E-state index contributed by atoms with van der Waals surface area (Å²) in [5.41, 5.74) is 31.2. The van der Waals surface area contributed by atoms with E-state index in [1.165, 1.54) is 0 Å². The highest BCUT2D eigenvalue weighted by Crippen LogP contribution is 2.39. The van der Waals surface area contributed by atoms with E-state index in [0.717, 1.165) is 7.11 Å². The van der Waals surface area contributed by atoms with E-state index in [9.17, 15) is 14.4 Å². The van der Waals surface area contributed by atoms with E-state index in [-0.39, 0.29) is 25.7 Å². The zero-order chi connectivity index (χ0) is 27.9. The number of alkyl carbamates (subject to hydrolysis) is 1. The van der Waals surface area contributed by atoms with E-state index in [2.05, 4.69) is 50.7 Å². The summed E-state index contributed by atoms with van der Waals surface area (Å²) < 4.78 is 10.2. The van der Waals surface area contributed by atoms with Crippen molar-refractivity contribution in [2.75, 3.05) is 7.11 Å². The van der Waals surface area contributed by atoms with E-state index in [1.54, 1.807) is 20.8 Å². The summed E-state index contributed by atoms with van der Waals surface area (Å²) >= 11 is 0. The molecule has 19 heteroatoms. The third-order valence-corrected chi connectivity index (χ3v) is 6.02. The first-order valence-electron chi connectivity index (χ1n) is 11.0. The Bertz CT molecular complexity index is 1070. The Labute approximate surface area is 209 Å². The lowest BCUT2D eigenvalue weighted by atomic mass is 9.91. The van der Waals surface area contributed by atoms with Gasteiger partial charge in [-0.25, -0.2) is 9.59 Å². The summed E-state index contributed by atoms with van der Waals surface area (Å²) in [6.07, 6.45) is -2.09. The topological polar surface area (TPSA) is 289 Å². The molecule has 2 aliphatic rings. The first kappa shape index (κ1) is 28.7. The fourth-order valence-corrected chi connectivity index (χ4v) is 4.57. The van der Waals surface area contributed by atoms with Crippen molar-refractivity contribution >= 4 is 18.0 Å². The number of hydrogen-bond donors (Lipinski definition) is 2. The average Bonchev–Trinajstić information content (AvgIpc) is 3.32. The summed E-state index contributed by atoms with van der Waals surface area (Å²) in [6.45, 7) is 4.82. The number of amides is 2. The monoisotopic (exact) mass is 518 g/mol. The van der Waals surface area contributed by atoms with Gasteiger partial charge in [-0.3, -0.25) is 4.79 Å². The molecule has 0 aromatic carbocycles. The number of hydrogen-bond acceptors (Lipinski definition) is 9. The minimum absolute atomic E-state index is 0.263. The molecule has 4 atom stereocenters. The van der Waals surface area contributed by atoms with Gasteiger partial charge in [0.2, 0.25) is 5.91 Å². The van der Waals surface area contributed by atoms with E-state index < -0.39 is 58.8 Å². The Morgan fingerprint density at radius 1 is 0.757 bits per heavy atom. The number of ether oxygens (including phenoxy) is 2. The Kier molecular flexibility index (Phi) is 8.88. The molecule has 2 N–H and O–H groups in total. The van der Waals surface area contributed by atoms with Gasteiger partial charge < -0.3 is 20.1 Å². The van der Waals surface area contributed by atoms with Gasteiger partial charge in [0.15, 0.2) is 0 Å². The van der Waals surface area contributed by atoms with Gasteiger partial charge in [-0.2, -0.15) is 0 Å². The SMILES string of the molecule is COC(=O)C1(NC(=O)C2(NC(=O)OC(C)(C)C)CC(N=[N+]=[N-])C(N=[N+]=[N-])C2)CC(N=[N+]=[N-])C(N=[N+]=[N-])C1. The molecule has 0 bridgehead atoms. The molecule has 0 aromatic heterocycles. The maximum Gasteiger partial charge on any atom is 0.408 e. The molecular weight excluding hydrogens is 492 g/mol. The molecule has 2 rings (SSSR count). The van der Waals surface area contributed by atoms with Crippen LogP contribution >= 0.6 is 0 Å². The molecule has 0 saturated heterocycles. The van der Waals surface area contributed by atoms with Gasteiger partial charge in [0.05, 0.1) is 7.11 Å². The second kappa shape index (κ2) is 11.5. The van der Waals surface area contributed by atoms with E-state index >= 15 is 0 Å². The minimum atomic E-state index is -1.84. The van der Waals surface area contributed by atoms with Gasteiger partial charge in [-0.1, -0.05) is 20.5 Å². The van der Waals surface area contributed by atoms with Crippen LogP contribution in [0.5, 0.6) is 0 Å². The van der Waals surface area contributed by atoms with E-state index in [4.69, 9.17) is 31.6 Å². The number of azide groups is 4. The third-order valence-electron chi connectivity index (χ3n) is 6.02. The van der Waals surface area contributed by atoms with Crippen molar-refractivity contribution in [3.8, 4) is 0 Å². The molecule has 4 unspecified atom stereocenters. The van der Waals surface area contributed by atoms with Crippen molar-refractivity contribution < 1.29 is 23.9 Å². The van der Waals surface area contributed by atoms with Crippen LogP contribution in [-0.2, 0) is 19.1 Å². The number of carbonyl (C=O) groups is 3. The molecule has 0 radical (unpaired) electrons. The molecule has 0 aliphatic heterocycles. The van der Waals surface area contributed by atoms with Crippen LogP contribution in [0.1, 0.15) is 46.5 Å². The summed E-state index contributed by atoms with van der Waals surface area (Å²) in [5, 5.41) is 19.4. The third kappa shape index (κ3) is 6.57. The van der Waals surface area contributed by atoms with Crippen molar-refractivity contribution in [3.63, 3.8) is 0 Å². The van der Waals surface area contributed by atoms with Crippen LogP contribution in [0.3, 0.4) is 0 Å². The van der Waals surface area contributed by atoms with Crippen LogP contribution < -0.4 is 10.6 Å². The zero-order valence-electron chi connectivity index (χ0n) is 20.5. The lowest BCUT2D eigenvalue weighted by Crippen LogP contribution is -2.64. The fourth-order valence-electron chi connectivity index (χ4n) is 4.57. The van der Waals surface area contributed by atoms with Crippen LogP contribution in [0.4, 0.5) is 4.79 Å². The van der Waals surface area contributed by atoms with Crippen molar-refractivity contribution in [3.05, 3.63) is 41.8 Å². The normalized spacial score (nSPS) is 30.3. The number of nitrogens with zero attached hydrogens (tertiary/aromatic N) is 12. The first-order chi connectivity index (χ1) is 17.4. The van der Waals surface area contributed by atoms with Crippen molar-refractivity contribution in [2.45, 2.75) is 87.3 Å². The Hall–Kier alpha value is -4.55. The van der Waals surface area contributed by atoms with Gasteiger partial charge in [0.25, 0.3) is 0 Å². The molecule has 2 fully saturated rings. The summed E-state index contributed by atoms with van der Waals surface area (Å²) in [5.74, 6) is -1.81. The van der Waals surface area contributed by atoms with Crippen molar-refractivity contribution in [1.29, 1.82) is 0 Å². The van der Waals surface area contributed by atoms with Crippen molar-refractivity contribution in [2.24, 2.45) is 20.5 Å². The van der Waals surface area contributed by atoms with Gasteiger partial charge >= 0.3 is 12.1 Å². The standard InChI is InChI=1S/C18H26N14O5/c1-16(2,3)37-15(35)24-17(5-9(25-29-19)10(6-17)26-30-20)13(33)23-18(14(34)36-4)7-11(27-31-21)12(8-18)28-32-22/h9-12H,5-8H2,1-4H3,(H,23,33)(H,24,35). The Morgan fingerprint density at radius 3 is 1.46 bits per heavy atom. The van der Waals surface area contributed by atoms with Gasteiger partial charge in [-0.05, 0) is 68.6 Å². The second-order valence-electron chi connectivity index (χ2n) is 9.64. The van der Waals surface area contributed by atoms with Crippen LogP contribution in [0.2, 0.25) is 0 Å². The van der Waals surface area contributed by atoms with Crippen LogP contribution in [0.25, 0.3) is 41.8 Å². The molecule has 2 aliphatic carbocycles. The molecular formula is C18H26N14O5.